The predicted molar refractivity (Wildman–Crippen MR) is 140 cm³/mol. The Morgan fingerprint density at radius 1 is 1.14 bits per heavy atom. The van der Waals surface area contributed by atoms with E-state index >= 15 is 0 Å². The van der Waals surface area contributed by atoms with Gasteiger partial charge in [0.05, 0.1) is 49.5 Å². The summed E-state index contributed by atoms with van der Waals surface area (Å²) in [5.74, 6) is -0.323. The van der Waals surface area contributed by atoms with Crippen LogP contribution in [0.4, 0.5) is 0 Å². The lowest BCUT2D eigenvalue weighted by Gasteiger charge is -2.35. The maximum atomic E-state index is 11.8. The van der Waals surface area contributed by atoms with Gasteiger partial charge >= 0.3 is 0 Å². The molecule has 4 atom stereocenters. The number of hydrogen-bond acceptors (Lipinski definition) is 7. The third-order valence-corrected chi connectivity index (χ3v) is 6.61. The minimum Gasteiger partial charge on any atom is -0.497 e. The van der Waals surface area contributed by atoms with Gasteiger partial charge in [-0.15, -0.1) is 0 Å². The summed E-state index contributed by atoms with van der Waals surface area (Å²) in [4.78, 5) is 11.8. The van der Waals surface area contributed by atoms with Gasteiger partial charge in [-0.1, -0.05) is 45.0 Å². The molecule has 9 nitrogen and oxygen atoms in total. The summed E-state index contributed by atoms with van der Waals surface area (Å²) in [5.41, 5.74) is 9.59. The van der Waals surface area contributed by atoms with Crippen molar-refractivity contribution in [3.63, 3.8) is 0 Å². The van der Waals surface area contributed by atoms with E-state index in [9.17, 15) is 15.0 Å². The van der Waals surface area contributed by atoms with Gasteiger partial charge in [0.1, 0.15) is 5.75 Å². The normalized spacial score (nSPS) is 21.8. The van der Waals surface area contributed by atoms with Gasteiger partial charge in [0, 0.05) is 30.6 Å². The van der Waals surface area contributed by atoms with E-state index in [0.29, 0.717) is 12.1 Å². The molecule has 3 aromatic rings. The second kappa shape index (κ2) is 12.1. The number of carbonyl (C=O) groups is 1. The topological polar surface area (TPSA) is 147 Å². The van der Waals surface area contributed by atoms with E-state index in [1.54, 1.807) is 7.11 Å². The molecule has 9 heteroatoms. The maximum Gasteiger partial charge on any atom is 0.250 e. The Hall–Kier alpha value is -2.95. The molecular formula is C28H38N2O7. The molecule has 4 rings (SSSR count). The van der Waals surface area contributed by atoms with Crippen molar-refractivity contribution in [1.29, 1.82) is 0 Å². The van der Waals surface area contributed by atoms with Crippen LogP contribution in [0.2, 0.25) is 0 Å². The molecule has 1 fully saturated rings. The van der Waals surface area contributed by atoms with Crippen LogP contribution < -0.4 is 10.5 Å². The lowest BCUT2D eigenvalue weighted by atomic mass is 9.86. The predicted octanol–water partition coefficient (Wildman–Crippen LogP) is 2.15. The van der Waals surface area contributed by atoms with Crippen molar-refractivity contribution in [1.82, 2.24) is 4.57 Å². The largest absolute Gasteiger partial charge is 0.497 e. The Bertz CT molecular complexity index is 1190. The van der Waals surface area contributed by atoms with Gasteiger partial charge in [-0.05, 0) is 28.7 Å². The van der Waals surface area contributed by atoms with Gasteiger partial charge in [-0.25, -0.2) is 0 Å². The van der Waals surface area contributed by atoms with Crippen LogP contribution in [0.3, 0.4) is 0 Å². The number of methoxy groups -OCH3 is 1. The van der Waals surface area contributed by atoms with Crippen LogP contribution in [0, 0.1) is 5.92 Å². The van der Waals surface area contributed by atoms with Crippen LogP contribution in [-0.2, 0) is 16.7 Å². The average molecular weight is 515 g/mol. The summed E-state index contributed by atoms with van der Waals surface area (Å²) < 4.78 is 12.3. The van der Waals surface area contributed by atoms with E-state index in [2.05, 4.69) is 49.6 Å². The highest BCUT2D eigenvalue weighted by Gasteiger charge is 2.35. The maximum absolute atomic E-state index is 11.8. The van der Waals surface area contributed by atoms with E-state index in [-0.39, 0.29) is 25.0 Å². The quantitative estimate of drug-likeness (QED) is 0.339. The van der Waals surface area contributed by atoms with Gasteiger partial charge in [-0.2, -0.15) is 0 Å². The Balaban J connectivity index is 0.000000266. The summed E-state index contributed by atoms with van der Waals surface area (Å²) >= 11 is 0. The minimum absolute atomic E-state index is 0.0936. The minimum atomic E-state index is -1.18. The first-order valence-corrected chi connectivity index (χ1v) is 12.3. The van der Waals surface area contributed by atoms with Crippen molar-refractivity contribution in [3.8, 4) is 5.75 Å². The van der Waals surface area contributed by atoms with E-state index in [1.165, 1.54) is 11.1 Å². The summed E-state index contributed by atoms with van der Waals surface area (Å²) in [6.45, 7) is 6.72. The SMILES string of the molecule is COc1ccc2c(C(N)=O)cn(Cc3cccc(C(C)(C)C)c3)c2c1.OCC1CC(O)C(CO)C(O)O1. The Morgan fingerprint density at radius 2 is 1.86 bits per heavy atom. The molecule has 6 N–H and O–H groups in total. The van der Waals surface area contributed by atoms with Crippen LogP contribution in [0.15, 0.2) is 48.7 Å². The van der Waals surface area contributed by atoms with Gasteiger partial charge in [0.25, 0.3) is 5.91 Å². The fourth-order valence-electron chi connectivity index (χ4n) is 4.38. The van der Waals surface area contributed by atoms with Crippen LogP contribution >= 0.6 is 0 Å². The molecule has 1 aliphatic rings. The third-order valence-electron chi connectivity index (χ3n) is 6.61. The smallest absolute Gasteiger partial charge is 0.250 e. The number of carbonyl (C=O) groups excluding carboxylic acids is 1. The van der Waals surface area contributed by atoms with E-state index in [4.69, 9.17) is 25.4 Å². The zero-order valence-electron chi connectivity index (χ0n) is 21.8. The molecule has 0 saturated carbocycles. The van der Waals surface area contributed by atoms with Crippen LogP contribution in [0.5, 0.6) is 5.75 Å². The first kappa shape index (κ1) is 28.6. The van der Waals surface area contributed by atoms with Gasteiger partial charge in [0.15, 0.2) is 6.29 Å². The highest BCUT2D eigenvalue weighted by Crippen LogP contribution is 2.28. The van der Waals surface area contributed by atoms with Crippen molar-refractivity contribution in [2.45, 2.75) is 57.6 Å². The number of aliphatic hydroxyl groups is 4. The molecule has 1 amide bonds. The second-order valence-electron chi connectivity index (χ2n) is 10.3. The number of benzene rings is 2. The van der Waals surface area contributed by atoms with Gasteiger partial charge < -0.3 is 40.2 Å². The average Bonchev–Trinajstić information content (AvgIpc) is 3.21. The molecule has 2 aromatic carbocycles. The summed E-state index contributed by atoms with van der Waals surface area (Å²) in [5, 5.41) is 36.8. The third kappa shape index (κ3) is 6.88. The van der Waals surface area contributed by atoms with Crippen molar-refractivity contribution >= 4 is 16.8 Å². The fourth-order valence-corrected chi connectivity index (χ4v) is 4.38. The summed E-state index contributed by atoms with van der Waals surface area (Å²) in [6, 6.07) is 14.2. The lowest BCUT2D eigenvalue weighted by Crippen LogP contribution is -2.46. The number of fused-ring (bicyclic) bond motifs is 1. The highest BCUT2D eigenvalue weighted by atomic mass is 16.6. The zero-order chi connectivity index (χ0) is 27.3. The molecule has 1 aliphatic heterocycles. The van der Waals surface area contributed by atoms with Crippen molar-refractivity contribution in [2.75, 3.05) is 20.3 Å². The van der Waals surface area contributed by atoms with Crippen molar-refractivity contribution < 1.29 is 34.7 Å². The van der Waals surface area contributed by atoms with Crippen LogP contribution in [-0.4, -0.2) is 69.7 Å². The molecule has 1 aromatic heterocycles. The molecular weight excluding hydrogens is 476 g/mol. The Kier molecular flexibility index (Phi) is 9.33. The first-order valence-electron chi connectivity index (χ1n) is 12.3. The fraction of sp³-hybridized carbons (Fsp3) is 0.464. The van der Waals surface area contributed by atoms with Crippen molar-refractivity contribution in [2.24, 2.45) is 11.7 Å². The summed E-state index contributed by atoms with van der Waals surface area (Å²) in [6.07, 6.45) is -0.445. The van der Waals surface area contributed by atoms with E-state index in [0.717, 1.165) is 16.7 Å². The van der Waals surface area contributed by atoms with Crippen molar-refractivity contribution in [3.05, 3.63) is 65.4 Å². The Labute approximate surface area is 217 Å². The highest BCUT2D eigenvalue weighted by molar-refractivity contribution is 6.06. The van der Waals surface area contributed by atoms with Crippen LogP contribution in [0.25, 0.3) is 10.9 Å². The molecule has 0 radical (unpaired) electrons. The van der Waals surface area contributed by atoms with Gasteiger partial charge in [-0.3, -0.25) is 4.79 Å². The lowest BCUT2D eigenvalue weighted by molar-refractivity contribution is -0.237. The summed E-state index contributed by atoms with van der Waals surface area (Å²) in [7, 11) is 1.64. The number of hydrogen-bond donors (Lipinski definition) is 5. The Morgan fingerprint density at radius 3 is 2.43 bits per heavy atom. The molecule has 0 spiro atoms. The zero-order valence-corrected chi connectivity index (χ0v) is 21.8. The molecule has 2 heterocycles. The number of amides is 1. The number of primary amides is 1. The molecule has 202 valence electrons. The van der Waals surface area contributed by atoms with Gasteiger partial charge in [0.2, 0.25) is 0 Å². The van der Waals surface area contributed by atoms with E-state index in [1.807, 2.05) is 24.4 Å². The monoisotopic (exact) mass is 514 g/mol. The second-order valence-corrected chi connectivity index (χ2v) is 10.3. The number of nitrogens with two attached hydrogens (primary N) is 1. The standard InChI is InChI=1S/C21H24N2O2.C7H14O5/c1-21(2,3)15-7-5-6-14(10-15)12-23-13-18(20(22)24)17-9-8-16(25-4)11-19(17)23;8-2-4-1-6(10)5(3-9)7(11)12-4/h5-11,13H,12H2,1-4H3,(H2,22,24);4-11H,1-3H2. The molecule has 0 aliphatic carbocycles. The number of ether oxygens (including phenoxy) is 2. The number of nitrogens with zero attached hydrogens (tertiary/aromatic N) is 1. The molecule has 37 heavy (non-hydrogen) atoms. The van der Waals surface area contributed by atoms with Crippen LogP contribution in [0.1, 0.15) is 48.7 Å². The molecule has 1 saturated heterocycles. The molecule has 0 bridgehead atoms. The number of rotatable bonds is 6. The first-order chi connectivity index (χ1) is 17.5. The van der Waals surface area contributed by atoms with E-state index < -0.39 is 30.3 Å². The molecule has 4 unspecified atom stereocenters. The number of aromatic nitrogens is 1. The number of aliphatic hydroxyl groups excluding tert-OH is 4.